The van der Waals surface area contributed by atoms with Crippen LogP contribution in [0.3, 0.4) is 0 Å². The molecular formula is C15H20F3N3O2. The predicted molar refractivity (Wildman–Crippen MR) is 76.8 cm³/mol. The van der Waals surface area contributed by atoms with Gasteiger partial charge < -0.3 is 9.64 Å². The Morgan fingerprint density at radius 2 is 1.87 bits per heavy atom. The Kier molecular flexibility index (Phi) is 4.81. The van der Waals surface area contributed by atoms with E-state index in [1.807, 2.05) is 0 Å². The zero-order chi connectivity index (χ0) is 17.3. The third-order valence-corrected chi connectivity index (χ3v) is 3.61. The molecule has 0 radical (unpaired) electrons. The lowest BCUT2D eigenvalue weighted by molar-refractivity contribution is -0.142. The Morgan fingerprint density at radius 1 is 1.26 bits per heavy atom. The van der Waals surface area contributed by atoms with Crippen LogP contribution in [0, 0.1) is 0 Å². The minimum Gasteiger partial charge on any atom is -0.444 e. The van der Waals surface area contributed by atoms with Gasteiger partial charge in [-0.15, -0.1) is 5.10 Å². The normalized spacial score (nSPS) is 17.2. The number of nitrogens with zero attached hydrogens (tertiary/aromatic N) is 3. The first-order valence-corrected chi connectivity index (χ1v) is 7.44. The van der Waals surface area contributed by atoms with Gasteiger partial charge in [0.05, 0.1) is 0 Å². The highest BCUT2D eigenvalue weighted by atomic mass is 19.4. The van der Waals surface area contributed by atoms with E-state index >= 15 is 0 Å². The highest BCUT2D eigenvalue weighted by Gasteiger charge is 2.38. The van der Waals surface area contributed by atoms with Crippen LogP contribution in [0.5, 0.6) is 0 Å². The maximum atomic E-state index is 13.0. The molecule has 0 bridgehead atoms. The van der Waals surface area contributed by atoms with Crippen LogP contribution in [-0.4, -0.2) is 39.9 Å². The van der Waals surface area contributed by atoms with Crippen LogP contribution in [0.15, 0.2) is 12.3 Å². The summed E-state index contributed by atoms with van der Waals surface area (Å²) >= 11 is 0. The zero-order valence-corrected chi connectivity index (χ0v) is 13.4. The fourth-order valence-corrected chi connectivity index (χ4v) is 2.59. The molecular weight excluding hydrogens is 311 g/mol. The molecule has 1 fully saturated rings. The summed E-state index contributed by atoms with van der Waals surface area (Å²) in [5.74, 6) is -0.291. The number of carbonyl (C=O) groups is 1. The van der Waals surface area contributed by atoms with Gasteiger partial charge in [-0.2, -0.15) is 18.3 Å². The van der Waals surface area contributed by atoms with Crippen LogP contribution in [0.25, 0.3) is 0 Å². The van der Waals surface area contributed by atoms with E-state index < -0.39 is 23.6 Å². The largest absolute Gasteiger partial charge is 0.444 e. The summed E-state index contributed by atoms with van der Waals surface area (Å²) in [5, 5.41) is 6.58. The topological polar surface area (TPSA) is 55.3 Å². The number of carbonyl (C=O) groups excluding carboxylic acids is 1. The van der Waals surface area contributed by atoms with E-state index in [4.69, 9.17) is 4.74 Å². The lowest BCUT2D eigenvalue weighted by Crippen LogP contribution is -2.41. The maximum absolute atomic E-state index is 13.0. The van der Waals surface area contributed by atoms with Gasteiger partial charge in [0.1, 0.15) is 5.60 Å². The van der Waals surface area contributed by atoms with Crippen LogP contribution in [0.1, 0.15) is 50.8 Å². The number of aromatic nitrogens is 2. The third-order valence-electron chi connectivity index (χ3n) is 3.61. The van der Waals surface area contributed by atoms with E-state index in [0.717, 1.165) is 0 Å². The monoisotopic (exact) mass is 331 g/mol. The Labute approximate surface area is 132 Å². The molecule has 8 heteroatoms. The number of hydrogen-bond donors (Lipinski definition) is 0. The average molecular weight is 331 g/mol. The molecule has 0 atom stereocenters. The summed E-state index contributed by atoms with van der Waals surface area (Å²) in [5.41, 5.74) is -1.38. The maximum Gasteiger partial charge on any atom is 0.435 e. The van der Waals surface area contributed by atoms with Crippen molar-refractivity contribution in [3.05, 3.63) is 23.5 Å². The predicted octanol–water partition coefficient (Wildman–Crippen LogP) is 3.61. The minimum absolute atomic E-state index is 0.149. The Hall–Kier alpha value is -1.86. The van der Waals surface area contributed by atoms with Gasteiger partial charge in [0.15, 0.2) is 5.69 Å². The quantitative estimate of drug-likeness (QED) is 0.789. The molecule has 2 heterocycles. The molecule has 0 aliphatic carbocycles. The molecule has 0 saturated carbocycles. The molecule has 2 rings (SSSR count). The number of amides is 1. The van der Waals surface area contributed by atoms with Crippen molar-refractivity contribution in [3.8, 4) is 0 Å². The Bertz CT molecular complexity index is 562. The number of hydrogen-bond acceptors (Lipinski definition) is 4. The first-order chi connectivity index (χ1) is 10.6. The van der Waals surface area contributed by atoms with E-state index in [0.29, 0.717) is 25.9 Å². The van der Waals surface area contributed by atoms with E-state index in [1.165, 1.54) is 17.2 Å². The van der Waals surface area contributed by atoms with Crippen LogP contribution in [0.2, 0.25) is 0 Å². The number of ether oxygens (including phenoxy) is 1. The van der Waals surface area contributed by atoms with Crippen LogP contribution < -0.4 is 0 Å². The Morgan fingerprint density at radius 3 is 2.39 bits per heavy atom. The first kappa shape index (κ1) is 17.5. The molecule has 23 heavy (non-hydrogen) atoms. The molecule has 5 nitrogen and oxygen atoms in total. The molecule has 1 amide bonds. The van der Waals surface area contributed by atoms with E-state index in [9.17, 15) is 18.0 Å². The highest BCUT2D eigenvalue weighted by Crippen LogP contribution is 2.37. The van der Waals surface area contributed by atoms with Crippen LogP contribution in [-0.2, 0) is 10.9 Å². The van der Waals surface area contributed by atoms with E-state index in [2.05, 4.69) is 10.2 Å². The molecule has 0 N–H and O–H groups in total. The van der Waals surface area contributed by atoms with Crippen molar-refractivity contribution in [2.24, 2.45) is 0 Å². The second-order valence-corrected chi connectivity index (χ2v) is 6.57. The number of halogens is 3. The van der Waals surface area contributed by atoms with Crippen molar-refractivity contribution in [1.29, 1.82) is 0 Å². The molecule has 0 spiro atoms. The molecule has 1 aliphatic heterocycles. The van der Waals surface area contributed by atoms with Gasteiger partial charge >= 0.3 is 12.3 Å². The molecule has 0 unspecified atom stereocenters. The summed E-state index contributed by atoms with van der Waals surface area (Å²) in [6.45, 7) is 6.04. The fraction of sp³-hybridized carbons (Fsp3) is 0.667. The first-order valence-electron chi connectivity index (χ1n) is 7.44. The van der Waals surface area contributed by atoms with Gasteiger partial charge in [-0.25, -0.2) is 4.79 Å². The van der Waals surface area contributed by atoms with Crippen molar-refractivity contribution >= 4 is 6.09 Å². The molecule has 1 saturated heterocycles. The van der Waals surface area contributed by atoms with Crippen molar-refractivity contribution in [2.45, 2.75) is 51.3 Å². The zero-order valence-electron chi connectivity index (χ0n) is 13.4. The van der Waals surface area contributed by atoms with Gasteiger partial charge in [-0.3, -0.25) is 0 Å². The number of piperidine rings is 1. The third kappa shape index (κ3) is 4.56. The molecule has 1 aliphatic rings. The van der Waals surface area contributed by atoms with Crippen LogP contribution in [0.4, 0.5) is 18.0 Å². The molecule has 0 aromatic carbocycles. The number of rotatable bonds is 1. The molecule has 1 aromatic rings. The smallest absolute Gasteiger partial charge is 0.435 e. The Balaban J connectivity index is 2.04. The number of alkyl halides is 3. The van der Waals surface area contributed by atoms with Crippen molar-refractivity contribution in [2.75, 3.05) is 13.1 Å². The highest BCUT2D eigenvalue weighted by molar-refractivity contribution is 5.68. The van der Waals surface area contributed by atoms with Gasteiger partial charge in [-0.1, -0.05) is 0 Å². The van der Waals surface area contributed by atoms with Gasteiger partial charge in [-0.05, 0) is 51.2 Å². The van der Waals surface area contributed by atoms with Crippen molar-refractivity contribution in [1.82, 2.24) is 15.1 Å². The lowest BCUT2D eigenvalue weighted by atomic mass is 9.88. The van der Waals surface area contributed by atoms with Crippen LogP contribution >= 0.6 is 0 Å². The summed E-state index contributed by atoms with van der Waals surface area (Å²) in [6, 6.07) is 1.36. The second-order valence-electron chi connectivity index (χ2n) is 6.57. The minimum atomic E-state index is -4.52. The van der Waals surface area contributed by atoms with Crippen molar-refractivity contribution in [3.63, 3.8) is 0 Å². The van der Waals surface area contributed by atoms with Gasteiger partial charge in [0.2, 0.25) is 0 Å². The van der Waals surface area contributed by atoms with E-state index in [-0.39, 0.29) is 11.5 Å². The lowest BCUT2D eigenvalue weighted by Gasteiger charge is -2.34. The summed E-state index contributed by atoms with van der Waals surface area (Å²) in [4.78, 5) is 13.5. The molecule has 128 valence electrons. The summed E-state index contributed by atoms with van der Waals surface area (Å²) in [7, 11) is 0. The van der Waals surface area contributed by atoms with Crippen molar-refractivity contribution < 1.29 is 22.7 Å². The van der Waals surface area contributed by atoms with Gasteiger partial charge in [0, 0.05) is 19.3 Å². The number of likely N-dealkylation sites (tertiary alicyclic amines) is 1. The fourth-order valence-electron chi connectivity index (χ4n) is 2.59. The van der Waals surface area contributed by atoms with E-state index in [1.54, 1.807) is 20.8 Å². The standard InChI is InChI=1S/C15H20F3N3O2/c1-14(2,3)23-13(22)21-8-5-10(6-9-21)11-4-7-19-20-12(11)15(16,17)18/h4,7,10H,5-6,8-9H2,1-3H3. The summed E-state index contributed by atoms with van der Waals surface area (Å²) in [6.07, 6.45) is -2.81. The molecule has 1 aromatic heterocycles. The summed E-state index contributed by atoms with van der Waals surface area (Å²) < 4.78 is 44.3. The average Bonchev–Trinajstić information content (AvgIpc) is 2.45. The van der Waals surface area contributed by atoms with Gasteiger partial charge in [0.25, 0.3) is 0 Å². The SMILES string of the molecule is CC(C)(C)OC(=O)N1CCC(c2ccnnc2C(F)(F)F)CC1. The second kappa shape index (κ2) is 6.33.